The Morgan fingerprint density at radius 2 is 1.68 bits per heavy atom. The summed E-state index contributed by atoms with van der Waals surface area (Å²) in [5, 5.41) is 6.93. The summed E-state index contributed by atoms with van der Waals surface area (Å²) in [4.78, 5) is 44.5. The molecular formula is C25H23N7O5. The molecule has 2 amide bonds. The number of carbonyl (C=O) groups is 2. The third-order valence-corrected chi connectivity index (χ3v) is 5.53. The largest absolute Gasteiger partial charge is 0.494 e. The van der Waals surface area contributed by atoms with Gasteiger partial charge in [-0.05, 0) is 36.6 Å². The highest BCUT2D eigenvalue weighted by atomic mass is 16.5. The second kappa shape index (κ2) is 9.85. The Balaban J connectivity index is 1.45. The number of aromatic amines is 2. The van der Waals surface area contributed by atoms with E-state index in [1.54, 1.807) is 56.9 Å². The van der Waals surface area contributed by atoms with Gasteiger partial charge in [0.2, 0.25) is 11.9 Å². The van der Waals surface area contributed by atoms with Crippen LogP contribution in [0.5, 0.6) is 17.2 Å². The number of imidazole rings is 2. The minimum Gasteiger partial charge on any atom is -0.494 e. The van der Waals surface area contributed by atoms with Gasteiger partial charge < -0.3 is 24.2 Å². The van der Waals surface area contributed by atoms with Crippen LogP contribution >= 0.6 is 0 Å². The molecule has 0 radical (unpaired) electrons. The number of carbonyl (C=O) groups excluding carboxylic acids is 2. The maximum Gasteiger partial charge on any atom is 0.276 e. The lowest BCUT2D eigenvalue weighted by molar-refractivity contribution is 0.101. The molecule has 12 nitrogen and oxygen atoms in total. The van der Waals surface area contributed by atoms with Gasteiger partial charge in [-0.3, -0.25) is 25.2 Å². The van der Waals surface area contributed by atoms with Crippen molar-refractivity contribution in [1.29, 1.82) is 0 Å². The van der Waals surface area contributed by atoms with E-state index in [-0.39, 0.29) is 17.2 Å². The molecule has 0 aliphatic carbocycles. The van der Waals surface area contributed by atoms with Crippen molar-refractivity contribution in [3.05, 3.63) is 60.2 Å². The highest BCUT2D eigenvalue weighted by Crippen LogP contribution is 2.32. The van der Waals surface area contributed by atoms with Crippen LogP contribution in [0.15, 0.2) is 48.9 Å². The lowest BCUT2D eigenvalue weighted by Crippen LogP contribution is -2.15. The molecule has 2 aromatic carbocycles. The molecule has 0 aliphatic heterocycles. The summed E-state index contributed by atoms with van der Waals surface area (Å²) < 4.78 is 16.3. The van der Waals surface area contributed by atoms with Gasteiger partial charge in [0.1, 0.15) is 17.0 Å². The molecular weight excluding hydrogens is 478 g/mol. The number of anilines is 2. The molecule has 188 valence electrons. The van der Waals surface area contributed by atoms with Gasteiger partial charge in [0.25, 0.3) is 11.8 Å². The van der Waals surface area contributed by atoms with E-state index in [9.17, 15) is 9.59 Å². The van der Waals surface area contributed by atoms with E-state index in [0.29, 0.717) is 40.8 Å². The predicted molar refractivity (Wildman–Crippen MR) is 137 cm³/mol. The first-order valence-corrected chi connectivity index (χ1v) is 11.3. The number of benzene rings is 2. The van der Waals surface area contributed by atoms with Crippen molar-refractivity contribution < 1.29 is 23.8 Å². The summed E-state index contributed by atoms with van der Waals surface area (Å²) in [6.07, 6.45) is 4.70. The molecule has 0 bridgehead atoms. The molecule has 0 saturated heterocycles. The van der Waals surface area contributed by atoms with Crippen molar-refractivity contribution >= 4 is 45.5 Å². The number of hydrogen-bond acceptors (Lipinski definition) is 8. The highest BCUT2D eigenvalue weighted by molar-refractivity contribution is 6.12. The number of nitrogens with zero attached hydrogens (tertiary/aromatic N) is 3. The van der Waals surface area contributed by atoms with E-state index in [0.717, 1.165) is 10.8 Å². The average Bonchev–Trinajstić information content (AvgIpc) is 3.56. The van der Waals surface area contributed by atoms with Gasteiger partial charge in [-0.25, -0.2) is 9.97 Å². The maximum absolute atomic E-state index is 13.0. The number of rotatable bonds is 8. The third-order valence-electron chi connectivity index (χ3n) is 5.53. The number of fused-ring (bicyclic) bond motifs is 2. The monoisotopic (exact) mass is 501 g/mol. The number of methoxy groups -OCH3 is 2. The first-order valence-electron chi connectivity index (χ1n) is 11.3. The van der Waals surface area contributed by atoms with E-state index < -0.39 is 11.8 Å². The Morgan fingerprint density at radius 3 is 2.38 bits per heavy atom. The lowest BCUT2D eigenvalue weighted by Gasteiger charge is -2.09. The van der Waals surface area contributed by atoms with Crippen molar-refractivity contribution in [1.82, 2.24) is 24.9 Å². The first-order chi connectivity index (χ1) is 18.0. The molecule has 0 aliphatic rings. The van der Waals surface area contributed by atoms with Gasteiger partial charge in [-0.15, -0.1) is 0 Å². The number of H-pyrrole nitrogens is 2. The number of hydrogen-bond donors (Lipinski definition) is 4. The Morgan fingerprint density at radius 1 is 0.919 bits per heavy atom. The number of aromatic nitrogens is 5. The highest BCUT2D eigenvalue weighted by Gasteiger charge is 2.19. The molecule has 4 N–H and O–H groups in total. The predicted octanol–water partition coefficient (Wildman–Crippen LogP) is 3.75. The van der Waals surface area contributed by atoms with Crippen LogP contribution in [0.1, 0.15) is 27.8 Å². The fourth-order valence-corrected chi connectivity index (χ4v) is 3.85. The van der Waals surface area contributed by atoms with Crippen LogP contribution in [-0.4, -0.2) is 57.6 Å². The van der Waals surface area contributed by atoms with E-state index in [1.165, 1.54) is 6.20 Å². The van der Waals surface area contributed by atoms with Crippen LogP contribution in [0.4, 0.5) is 11.9 Å². The number of pyridine rings is 1. The third kappa shape index (κ3) is 4.72. The maximum atomic E-state index is 13.0. The quantitative estimate of drug-likeness (QED) is 0.250. The average molecular weight is 502 g/mol. The molecule has 0 saturated carbocycles. The topological polar surface area (TPSA) is 156 Å². The summed E-state index contributed by atoms with van der Waals surface area (Å²) in [6.45, 7) is 2.25. The fourth-order valence-electron chi connectivity index (χ4n) is 3.85. The van der Waals surface area contributed by atoms with Gasteiger partial charge in [-0.1, -0.05) is 0 Å². The Bertz CT molecular complexity index is 1610. The Hall–Kier alpha value is -5.13. The van der Waals surface area contributed by atoms with Gasteiger partial charge in [0.15, 0.2) is 11.5 Å². The molecule has 5 rings (SSSR count). The molecule has 12 heteroatoms. The van der Waals surface area contributed by atoms with Crippen LogP contribution in [0, 0.1) is 0 Å². The van der Waals surface area contributed by atoms with Crippen LogP contribution in [0.25, 0.3) is 21.8 Å². The zero-order chi connectivity index (χ0) is 25.9. The molecule has 0 spiro atoms. The zero-order valence-corrected chi connectivity index (χ0v) is 20.2. The van der Waals surface area contributed by atoms with Gasteiger partial charge in [0, 0.05) is 30.0 Å². The van der Waals surface area contributed by atoms with Crippen molar-refractivity contribution in [3.63, 3.8) is 0 Å². The first kappa shape index (κ1) is 23.6. The molecule has 3 heterocycles. The SMILES string of the molecule is CCOc1cc(C(=O)Nc2ncc[nH]2)c2nc(NC(=O)c3cc4cc(OC)c(OC)cc4cn3)[nH]c2c1. The fraction of sp³-hybridized carbons (Fsp3) is 0.160. The van der Waals surface area contributed by atoms with E-state index in [2.05, 4.69) is 35.6 Å². The molecule has 0 atom stereocenters. The summed E-state index contributed by atoms with van der Waals surface area (Å²) in [5.74, 6) is 1.09. The van der Waals surface area contributed by atoms with Crippen molar-refractivity contribution in [2.75, 3.05) is 31.5 Å². The molecule has 5 aromatic rings. The second-order valence-electron chi connectivity index (χ2n) is 7.86. The van der Waals surface area contributed by atoms with Gasteiger partial charge in [-0.2, -0.15) is 0 Å². The number of amides is 2. The smallest absolute Gasteiger partial charge is 0.276 e. The van der Waals surface area contributed by atoms with Crippen LogP contribution in [-0.2, 0) is 0 Å². The zero-order valence-electron chi connectivity index (χ0n) is 20.2. The summed E-state index contributed by atoms with van der Waals surface area (Å²) in [7, 11) is 3.09. The van der Waals surface area contributed by atoms with E-state index >= 15 is 0 Å². The summed E-state index contributed by atoms with van der Waals surface area (Å²) >= 11 is 0. The van der Waals surface area contributed by atoms with Crippen LogP contribution in [0.3, 0.4) is 0 Å². The lowest BCUT2D eigenvalue weighted by atomic mass is 10.1. The normalized spacial score (nSPS) is 10.9. The van der Waals surface area contributed by atoms with Crippen molar-refractivity contribution in [2.45, 2.75) is 6.92 Å². The van der Waals surface area contributed by atoms with Crippen LogP contribution in [0.2, 0.25) is 0 Å². The minimum absolute atomic E-state index is 0.148. The van der Waals surface area contributed by atoms with Crippen molar-refractivity contribution in [3.8, 4) is 17.2 Å². The minimum atomic E-state index is -0.484. The van der Waals surface area contributed by atoms with E-state index in [4.69, 9.17) is 14.2 Å². The second-order valence-corrected chi connectivity index (χ2v) is 7.86. The Kier molecular flexibility index (Phi) is 6.29. The van der Waals surface area contributed by atoms with Gasteiger partial charge >= 0.3 is 0 Å². The summed E-state index contributed by atoms with van der Waals surface area (Å²) in [5.41, 5.74) is 1.28. The van der Waals surface area contributed by atoms with Crippen LogP contribution < -0.4 is 24.8 Å². The van der Waals surface area contributed by atoms with Gasteiger partial charge in [0.05, 0.1) is 31.9 Å². The molecule has 0 unspecified atom stereocenters. The van der Waals surface area contributed by atoms with E-state index in [1.807, 2.05) is 6.92 Å². The number of nitrogens with one attached hydrogen (secondary N) is 4. The standard InChI is InChI=1S/C25H23N7O5/c1-4-37-15-10-16(22(33)31-24-26-5-6-27-24)21-17(11-15)29-25(30-21)32-23(34)18-7-13-8-19(35-2)20(36-3)9-14(13)12-28-18/h5-12H,4H2,1-3H3,(H2,26,27,31,33)(H2,29,30,32,34). The van der Waals surface area contributed by atoms with Crippen molar-refractivity contribution in [2.24, 2.45) is 0 Å². The molecule has 0 fully saturated rings. The summed E-state index contributed by atoms with van der Waals surface area (Å²) in [6, 6.07) is 8.49. The molecule has 37 heavy (non-hydrogen) atoms. The number of ether oxygens (including phenoxy) is 3. The molecule has 3 aromatic heterocycles. The Labute approximate surface area is 210 Å².